The van der Waals surface area contributed by atoms with Gasteiger partial charge in [-0.25, -0.2) is 4.79 Å². The van der Waals surface area contributed by atoms with Gasteiger partial charge < -0.3 is 9.47 Å². The molecule has 2 rings (SSSR count). The van der Waals surface area contributed by atoms with Gasteiger partial charge in [0.05, 0.1) is 44.2 Å². The van der Waals surface area contributed by atoms with E-state index in [0.717, 1.165) is 12.1 Å². The molecule has 0 unspecified atom stereocenters. The highest BCUT2D eigenvalue weighted by atomic mass is 79.9. The van der Waals surface area contributed by atoms with E-state index in [1.807, 2.05) is 0 Å². The Labute approximate surface area is 185 Å². The zero-order valence-electron chi connectivity index (χ0n) is 14.6. The lowest BCUT2D eigenvalue weighted by Gasteiger charge is -2.10. The normalized spacial score (nSPS) is 9.87. The second kappa shape index (κ2) is 9.78. The third-order valence-corrected chi connectivity index (χ3v) is 5.08. The zero-order chi connectivity index (χ0) is 22.4. The fourth-order valence-electron chi connectivity index (χ4n) is 2.29. The molecule has 0 saturated carbocycles. The number of nitro groups is 2. The summed E-state index contributed by atoms with van der Waals surface area (Å²) in [5, 5.41) is 40.2. The van der Waals surface area contributed by atoms with Crippen molar-refractivity contribution in [1.82, 2.24) is 0 Å². The van der Waals surface area contributed by atoms with Crippen LogP contribution in [0.5, 0.6) is 0 Å². The van der Waals surface area contributed by atoms with E-state index in [9.17, 15) is 25.0 Å². The van der Waals surface area contributed by atoms with Crippen LogP contribution in [0.25, 0.3) is 0 Å². The third kappa shape index (κ3) is 5.28. The van der Waals surface area contributed by atoms with Crippen molar-refractivity contribution in [3.05, 3.63) is 75.7 Å². The number of rotatable bonds is 6. The smallest absolute Gasteiger partial charge is 0.429 e. The average molecular weight is 540 g/mol. The van der Waals surface area contributed by atoms with E-state index in [1.54, 1.807) is 12.1 Å². The first kappa shape index (κ1) is 22.7. The largest absolute Gasteiger partial charge is 0.508 e. The fraction of sp³-hybridized carbons (Fsp3) is 0.118. The van der Waals surface area contributed by atoms with Gasteiger partial charge in [-0.15, -0.1) is 0 Å². The molecule has 2 aromatic rings. The highest BCUT2D eigenvalue weighted by Gasteiger charge is 2.23. The molecular formula is C17H8Br2N4O7. The summed E-state index contributed by atoms with van der Waals surface area (Å²) in [5.41, 5.74) is -0.780. The second-order valence-electron chi connectivity index (χ2n) is 5.48. The number of benzene rings is 2. The molecular weight excluding hydrogens is 532 g/mol. The molecule has 152 valence electrons. The van der Waals surface area contributed by atoms with Crippen molar-refractivity contribution in [3.63, 3.8) is 0 Å². The Morgan fingerprint density at radius 3 is 1.53 bits per heavy atom. The molecule has 0 aromatic heterocycles. The van der Waals surface area contributed by atoms with Crippen LogP contribution in [0.15, 0.2) is 33.2 Å². The molecule has 0 atom stereocenters. The highest BCUT2D eigenvalue weighted by molar-refractivity contribution is 9.10. The van der Waals surface area contributed by atoms with E-state index in [2.05, 4.69) is 31.9 Å². The Hall–Kier alpha value is -3.55. The first-order chi connectivity index (χ1) is 14.2. The van der Waals surface area contributed by atoms with Crippen molar-refractivity contribution in [2.24, 2.45) is 0 Å². The van der Waals surface area contributed by atoms with Gasteiger partial charge in [0.1, 0.15) is 13.2 Å². The van der Waals surface area contributed by atoms with Crippen LogP contribution in [-0.2, 0) is 22.7 Å². The van der Waals surface area contributed by atoms with Crippen LogP contribution >= 0.6 is 31.9 Å². The van der Waals surface area contributed by atoms with Crippen molar-refractivity contribution in [1.29, 1.82) is 10.5 Å². The van der Waals surface area contributed by atoms with Gasteiger partial charge in [-0.1, -0.05) is 31.9 Å². The van der Waals surface area contributed by atoms with Crippen LogP contribution < -0.4 is 0 Å². The average Bonchev–Trinajstić information content (AvgIpc) is 2.70. The van der Waals surface area contributed by atoms with Gasteiger partial charge in [-0.3, -0.25) is 20.2 Å². The molecule has 30 heavy (non-hydrogen) atoms. The molecule has 0 fully saturated rings. The second-order valence-corrected chi connectivity index (χ2v) is 7.19. The first-order valence-electron chi connectivity index (χ1n) is 7.71. The zero-order valence-corrected chi connectivity index (χ0v) is 17.8. The van der Waals surface area contributed by atoms with E-state index < -0.39 is 40.6 Å². The number of nitro benzene ring substituents is 2. The number of carbonyl (C=O) groups excluding carboxylic acids is 1. The van der Waals surface area contributed by atoms with E-state index >= 15 is 0 Å². The molecule has 13 heteroatoms. The van der Waals surface area contributed by atoms with Gasteiger partial charge in [-0.2, -0.15) is 10.5 Å². The van der Waals surface area contributed by atoms with Gasteiger partial charge in [-0.05, 0) is 12.1 Å². The molecule has 11 nitrogen and oxygen atoms in total. The summed E-state index contributed by atoms with van der Waals surface area (Å²) in [6.45, 7) is -1.09. The van der Waals surface area contributed by atoms with Gasteiger partial charge in [0.2, 0.25) is 0 Å². The number of nitrogens with zero attached hydrogens (tertiary/aromatic N) is 4. The maximum Gasteiger partial charge on any atom is 0.508 e. The summed E-state index contributed by atoms with van der Waals surface area (Å²) < 4.78 is 10.1. The minimum absolute atomic E-state index is 0.00137. The number of hydrogen-bond acceptors (Lipinski definition) is 9. The van der Waals surface area contributed by atoms with Gasteiger partial charge in [0, 0.05) is 21.1 Å². The molecule has 0 N–H and O–H groups in total. The van der Waals surface area contributed by atoms with Crippen molar-refractivity contribution >= 4 is 49.4 Å². The number of ether oxygens (including phenoxy) is 2. The molecule has 0 bridgehead atoms. The molecule has 0 aliphatic rings. The van der Waals surface area contributed by atoms with Crippen LogP contribution in [0.4, 0.5) is 16.2 Å². The summed E-state index contributed by atoms with van der Waals surface area (Å²) in [7, 11) is 0. The number of nitriles is 2. The maximum atomic E-state index is 11.9. The maximum absolute atomic E-state index is 11.9. The molecule has 2 aromatic carbocycles. The predicted octanol–water partition coefficient (Wildman–Crippen LogP) is 4.62. The molecule has 0 saturated heterocycles. The monoisotopic (exact) mass is 538 g/mol. The predicted molar refractivity (Wildman–Crippen MR) is 106 cm³/mol. The van der Waals surface area contributed by atoms with Crippen molar-refractivity contribution in [2.45, 2.75) is 13.2 Å². The summed E-state index contributed by atoms with van der Waals surface area (Å²) >= 11 is 6.17. The minimum atomic E-state index is -1.23. The Bertz CT molecular complexity index is 1050. The van der Waals surface area contributed by atoms with E-state index in [0.29, 0.717) is 0 Å². The van der Waals surface area contributed by atoms with Crippen LogP contribution in [-0.4, -0.2) is 16.0 Å². The Morgan fingerprint density at radius 2 is 1.23 bits per heavy atom. The summed E-state index contributed by atoms with van der Waals surface area (Å²) in [6, 6.07) is 8.27. The van der Waals surface area contributed by atoms with Gasteiger partial charge in [0.25, 0.3) is 11.4 Å². The molecule has 0 amide bonds. The Balaban J connectivity index is 2.14. The Kier molecular flexibility index (Phi) is 7.41. The quantitative estimate of drug-likeness (QED) is 0.288. The lowest BCUT2D eigenvalue weighted by molar-refractivity contribution is -0.386. The van der Waals surface area contributed by atoms with E-state index in [4.69, 9.17) is 20.0 Å². The molecule has 0 spiro atoms. The molecule has 0 heterocycles. The fourth-order valence-corrected chi connectivity index (χ4v) is 3.42. The highest BCUT2D eigenvalue weighted by Crippen LogP contribution is 2.31. The van der Waals surface area contributed by atoms with Crippen molar-refractivity contribution < 1.29 is 24.1 Å². The van der Waals surface area contributed by atoms with Crippen molar-refractivity contribution in [3.8, 4) is 12.1 Å². The molecule has 0 radical (unpaired) electrons. The lowest BCUT2D eigenvalue weighted by atomic mass is 10.1. The number of hydrogen-bond donors (Lipinski definition) is 0. The summed E-state index contributed by atoms with van der Waals surface area (Å²) in [4.78, 5) is 32.8. The molecule has 0 aliphatic carbocycles. The van der Waals surface area contributed by atoms with E-state index in [-0.39, 0.29) is 31.2 Å². The first-order valence-corrected chi connectivity index (χ1v) is 9.29. The minimum Gasteiger partial charge on any atom is -0.429 e. The standard InChI is InChI=1S/C17H8Br2N4O7/c18-13-1-9(5-20)3-15(22(25)26)11(13)7-29-17(24)30-8-12-14(19)2-10(6-21)4-16(12)23(27)28/h1-4H,7-8H2. The molecule has 0 aliphatic heterocycles. The van der Waals surface area contributed by atoms with Crippen LogP contribution in [0.2, 0.25) is 0 Å². The lowest BCUT2D eigenvalue weighted by Crippen LogP contribution is -2.10. The summed E-state index contributed by atoms with van der Waals surface area (Å²) in [5.74, 6) is 0. The van der Waals surface area contributed by atoms with E-state index in [1.165, 1.54) is 12.1 Å². The number of carbonyl (C=O) groups is 1. The SMILES string of the molecule is N#Cc1cc(Br)c(COC(=O)OCc2c(Br)cc(C#N)cc2[N+](=O)[O-])c([N+](=O)[O-])c1. The topological polar surface area (TPSA) is 169 Å². The van der Waals surface area contributed by atoms with Crippen molar-refractivity contribution in [2.75, 3.05) is 0 Å². The number of halogens is 2. The van der Waals surface area contributed by atoms with Gasteiger partial charge >= 0.3 is 6.16 Å². The van der Waals surface area contributed by atoms with Crippen LogP contribution in [0, 0.1) is 42.9 Å². The Morgan fingerprint density at radius 1 is 0.867 bits per heavy atom. The van der Waals surface area contributed by atoms with Crippen LogP contribution in [0.1, 0.15) is 22.3 Å². The van der Waals surface area contributed by atoms with Gasteiger partial charge in [0.15, 0.2) is 0 Å². The third-order valence-electron chi connectivity index (χ3n) is 3.66. The van der Waals surface area contributed by atoms with Crippen LogP contribution in [0.3, 0.4) is 0 Å². The summed E-state index contributed by atoms with van der Waals surface area (Å²) in [6.07, 6.45) is -1.23.